The highest BCUT2D eigenvalue weighted by molar-refractivity contribution is 6.30. The third-order valence-corrected chi connectivity index (χ3v) is 3.49. The van der Waals surface area contributed by atoms with E-state index in [2.05, 4.69) is 16.0 Å². The van der Waals surface area contributed by atoms with Crippen LogP contribution in [-0.2, 0) is 4.79 Å². The van der Waals surface area contributed by atoms with Crippen LogP contribution >= 0.6 is 11.6 Å². The van der Waals surface area contributed by atoms with E-state index in [0.29, 0.717) is 10.6 Å². The molecule has 1 heterocycles. The van der Waals surface area contributed by atoms with Crippen LogP contribution in [0.4, 0.5) is 8.78 Å². The largest absolute Gasteiger partial charge is 0.353 e. The van der Waals surface area contributed by atoms with Crippen molar-refractivity contribution in [3.05, 3.63) is 34.9 Å². The number of amides is 2. The summed E-state index contributed by atoms with van der Waals surface area (Å²) in [5.74, 6) is -3.63. The summed E-state index contributed by atoms with van der Waals surface area (Å²) < 4.78 is 25.9. The van der Waals surface area contributed by atoms with Crippen LogP contribution in [0.1, 0.15) is 16.8 Å². The predicted molar refractivity (Wildman–Crippen MR) is 78.1 cm³/mol. The number of hydrogen-bond donors (Lipinski definition) is 3. The van der Waals surface area contributed by atoms with Gasteiger partial charge in [0.2, 0.25) is 5.91 Å². The van der Waals surface area contributed by atoms with Crippen LogP contribution < -0.4 is 16.0 Å². The van der Waals surface area contributed by atoms with Crippen LogP contribution in [0.2, 0.25) is 5.02 Å². The summed E-state index contributed by atoms with van der Waals surface area (Å²) in [4.78, 5) is 23.4. The van der Waals surface area contributed by atoms with Crippen LogP contribution in [0.25, 0.3) is 0 Å². The second-order valence-electron chi connectivity index (χ2n) is 5.05. The monoisotopic (exact) mass is 331 g/mol. The van der Waals surface area contributed by atoms with Crippen molar-refractivity contribution in [3.8, 4) is 0 Å². The fraction of sp³-hybridized carbons (Fsp3) is 0.429. The number of benzene rings is 1. The van der Waals surface area contributed by atoms with Gasteiger partial charge in [-0.2, -0.15) is 0 Å². The normalized spacial score (nSPS) is 19.7. The van der Waals surface area contributed by atoms with E-state index in [4.69, 9.17) is 11.6 Å². The van der Waals surface area contributed by atoms with E-state index in [1.165, 1.54) is 0 Å². The van der Waals surface area contributed by atoms with Gasteiger partial charge < -0.3 is 10.6 Å². The van der Waals surface area contributed by atoms with Crippen molar-refractivity contribution in [1.82, 2.24) is 16.0 Å². The van der Waals surface area contributed by atoms with Crippen LogP contribution in [0.15, 0.2) is 24.3 Å². The minimum atomic E-state index is -2.84. The van der Waals surface area contributed by atoms with Gasteiger partial charge in [0.25, 0.3) is 11.8 Å². The van der Waals surface area contributed by atoms with Gasteiger partial charge in [-0.1, -0.05) is 11.6 Å². The second kappa shape index (κ2) is 7.02. The molecular weight excluding hydrogens is 316 g/mol. The molecule has 1 aliphatic heterocycles. The van der Waals surface area contributed by atoms with Crippen molar-refractivity contribution in [2.24, 2.45) is 0 Å². The van der Waals surface area contributed by atoms with Gasteiger partial charge in [-0.25, -0.2) is 8.78 Å². The Morgan fingerprint density at radius 1 is 1.23 bits per heavy atom. The first-order valence-electron chi connectivity index (χ1n) is 6.80. The van der Waals surface area contributed by atoms with Crippen molar-refractivity contribution < 1.29 is 18.4 Å². The first-order chi connectivity index (χ1) is 10.4. The zero-order valence-corrected chi connectivity index (χ0v) is 12.4. The van der Waals surface area contributed by atoms with Crippen molar-refractivity contribution in [3.63, 3.8) is 0 Å². The molecule has 5 nitrogen and oxygen atoms in total. The number of carbonyl (C=O) groups is 2. The first-order valence-corrected chi connectivity index (χ1v) is 7.18. The summed E-state index contributed by atoms with van der Waals surface area (Å²) in [7, 11) is 0. The van der Waals surface area contributed by atoms with Gasteiger partial charge in [0.05, 0.1) is 12.6 Å². The molecule has 0 radical (unpaired) electrons. The molecule has 1 saturated heterocycles. The van der Waals surface area contributed by atoms with Gasteiger partial charge in [0, 0.05) is 30.1 Å². The number of halogens is 3. The molecule has 0 aliphatic carbocycles. The molecule has 0 aromatic heterocycles. The Bertz CT molecular complexity index is 552. The fourth-order valence-corrected chi connectivity index (χ4v) is 2.22. The number of nitrogens with one attached hydrogen (secondary N) is 3. The van der Waals surface area contributed by atoms with Gasteiger partial charge in [0.1, 0.15) is 0 Å². The third-order valence-electron chi connectivity index (χ3n) is 3.24. The summed E-state index contributed by atoms with van der Waals surface area (Å²) in [5, 5.41) is 8.12. The molecule has 0 saturated carbocycles. The van der Waals surface area contributed by atoms with Gasteiger partial charge in [-0.15, -0.1) is 0 Å². The van der Waals surface area contributed by atoms with E-state index in [1.54, 1.807) is 24.3 Å². The molecular formula is C14H16ClF2N3O2. The highest BCUT2D eigenvalue weighted by Crippen LogP contribution is 2.24. The molecule has 22 heavy (non-hydrogen) atoms. The van der Waals surface area contributed by atoms with Crippen molar-refractivity contribution in [1.29, 1.82) is 0 Å². The Hall–Kier alpha value is -1.73. The summed E-state index contributed by atoms with van der Waals surface area (Å²) in [6.07, 6.45) is -0.504. The summed E-state index contributed by atoms with van der Waals surface area (Å²) in [6.45, 7) is -0.114. The van der Waals surface area contributed by atoms with Gasteiger partial charge >= 0.3 is 0 Å². The zero-order chi connectivity index (χ0) is 16.2. The Balaban J connectivity index is 1.68. The molecule has 2 rings (SSSR count). The summed E-state index contributed by atoms with van der Waals surface area (Å²) in [6, 6.07) is 5.48. The zero-order valence-electron chi connectivity index (χ0n) is 11.7. The van der Waals surface area contributed by atoms with Crippen molar-refractivity contribution in [2.45, 2.75) is 18.4 Å². The summed E-state index contributed by atoms with van der Waals surface area (Å²) >= 11 is 5.72. The van der Waals surface area contributed by atoms with Crippen LogP contribution in [0, 0.1) is 0 Å². The van der Waals surface area contributed by atoms with E-state index in [1.807, 2.05) is 0 Å². The van der Waals surface area contributed by atoms with Crippen molar-refractivity contribution >= 4 is 23.4 Å². The SMILES string of the molecule is O=C(NCCNC(=O)C1CC(F)(F)CN1)c1ccc(Cl)cc1. The maximum absolute atomic E-state index is 13.0. The highest BCUT2D eigenvalue weighted by atomic mass is 35.5. The fourth-order valence-electron chi connectivity index (χ4n) is 2.09. The molecule has 1 fully saturated rings. The molecule has 3 N–H and O–H groups in total. The quantitative estimate of drug-likeness (QED) is 0.710. The minimum absolute atomic E-state index is 0.169. The molecule has 1 atom stereocenters. The van der Waals surface area contributed by atoms with Gasteiger partial charge in [-0.05, 0) is 24.3 Å². The Kier molecular flexibility index (Phi) is 5.31. The van der Waals surface area contributed by atoms with Crippen LogP contribution in [-0.4, -0.2) is 43.4 Å². The average molecular weight is 332 g/mol. The smallest absolute Gasteiger partial charge is 0.262 e. The van der Waals surface area contributed by atoms with Crippen molar-refractivity contribution in [2.75, 3.05) is 19.6 Å². The Morgan fingerprint density at radius 3 is 2.45 bits per heavy atom. The lowest BCUT2D eigenvalue weighted by molar-refractivity contribution is -0.123. The van der Waals surface area contributed by atoms with E-state index in [0.717, 1.165) is 0 Å². The van der Waals surface area contributed by atoms with E-state index < -0.39 is 30.8 Å². The van der Waals surface area contributed by atoms with Crippen LogP contribution in [0.3, 0.4) is 0 Å². The predicted octanol–water partition coefficient (Wildman–Crippen LogP) is 1.18. The molecule has 1 aromatic carbocycles. The molecule has 0 bridgehead atoms. The van der Waals surface area contributed by atoms with Gasteiger partial charge in [0.15, 0.2) is 0 Å². The average Bonchev–Trinajstić information content (AvgIpc) is 2.84. The molecule has 1 aliphatic rings. The molecule has 1 unspecified atom stereocenters. The topological polar surface area (TPSA) is 70.2 Å². The Labute approximate surface area is 131 Å². The first kappa shape index (κ1) is 16.6. The number of hydrogen-bond acceptors (Lipinski definition) is 3. The standard InChI is InChI=1S/C14H16ClF2N3O2/c15-10-3-1-9(2-4-10)12(21)18-5-6-19-13(22)11-7-14(16,17)8-20-11/h1-4,11,20H,5-8H2,(H,18,21)(H,19,22). The molecule has 2 amide bonds. The number of alkyl halides is 2. The lowest BCUT2D eigenvalue weighted by Crippen LogP contribution is -2.43. The number of rotatable bonds is 5. The summed E-state index contributed by atoms with van der Waals surface area (Å²) in [5.41, 5.74) is 0.452. The molecule has 1 aromatic rings. The highest BCUT2D eigenvalue weighted by Gasteiger charge is 2.42. The van der Waals surface area contributed by atoms with Gasteiger partial charge in [-0.3, -0.25) is 14.9 Å². The third kappa shape index (κ3) is 4.64. The minimum Gasteiger partial charge on any atom is -0.353 e. The maximum atomic E-state index is 13.0. The lowest BCUT2D eigenvalue weighted by Gasteiger charge is -2.11. The second-order valence-corrected chi connectivity index (χ2v) is 5.48. The number of carbonyl (C=O) groups excluding carboxylic acids is 2. The van der Waals surface area contributed by atoms with E-state index >= 15 is 0 Å². The lowest BCUT2D eigenvalue weighted by atomic mass is 10.2. The molecule has 0 spiro atoms. The van der Waals surface area contributed by atoms with E-state index in [9.17, 15) is 18.4 Å². The van der Waals surface area contributed by atoms with Crippen LogP contribution in [0.5, 0.6) is 0 Å². The Morgan fingerprint density at radius 2 is 1.86 bits per heavy atom. The van der Waals surface area contributed by atoms with E-state index in [-0.39, 0.29) is 19.0 Å². The molecule has 8 heteroatoms. The maximum Gasteiger partial charge on any atom is 0.262 e. The molecule has 120 valence electrons.